The lowest BCUT2D eigenvalue weighted by Gasteiger charge is -2.26. The van der Waals surface area contributed by atoms with Gasteiger partial charge in [-0.15, -0.1) is 0 Å². The van der Waals surface area contributed by atoms with E-state index in [4.69, 9.17) is 5.10 Å². The van der Waals surface area contributed by atoms with Crippen LogP contribution in [0, 0.1) is 13.8 Å². The van der Waals surface area contributed by atoms with Gasteiger partial charge in [-0.25, -0.2) is 9.48 Å². The Kier molecular flexibility index (Phi) is 5.74. The number of amides is 1. The minimum absolute atomic E-state index is 0.0772. The van der Waals surface area contributed by atoms with Gasteiger partial charge in [0.25, 0.3) is 5.91 Å². The van der Waals surface area contributed by atoms with Crippen molar-refractivity contribution in [2.45, 2.75) is 26.8 Å². The van der Waals surface area contributed by atoms with Gasteiger partial charge in [-0.05, 0) is 67.4 Å². The molecule has 10 heteroatoms. The Morgan fingerprint density at radius 2 is 1.68 bits per heavy atom. The molecule has 0 radical (unpaired) electrons. The summed E-state index contributed by atoms with van der Waals surface area (Å²) in [5, 5.41) is 11.3. The fourth-order valence-corrected chi connectivity index (χ4v) is 6.43. The second-order valence-corrected chi connectivity index (χ2v) is 11.6. The van der Waals surface area contributed by atoms with Crippen molar-refractivity contribution in [2.75, 3.05) is 6.54 Å². The van der Waals surface area contributed by atoms with Crippen LogP contribution >= 0.6 is 0 Å². The SMILES string of the molecule is Cc1cc(C)cc(-n2nc3c(c2-n2ccn(-c4ccc5c(cnn5C)c4)c2=O)CN(C(=O)c2cc4ccccc4[nH]2)CC3)c1. The van der Waals surface area contributed by atoms with Gasteiger partial charge in [-0.1, -0.05) is 24.3 Å². The van der Waals surface area contributed by atoms with E-state index < -0.39 is 0 Å². The highest BCUT2D eigenvalue weighted by atomic mass is 16.2. The molecule has 1 aliphatic rings. The third-order valence-corrected chi connectivity index (χ3v) is 8.52. The van der Waals surface area contributed by atoms with Crippen molar-refractivity contribution in [3.8, 4) is 17.2 Å². The molecule has 5 heterocycles. The average Bonchev–Trinajstić information content (AvgIpc) is 3.79. The van der Waals surface area contributed by atoms with Crippen molar-refractivity contribution in [3.05, 3.63) is 124 Å². The molecular weight excluding hydrogens is 552 g/mol. The van der Waals surface area contributed by atoms with E-state index in [2.05, 4.69) is 42.1 Å². The quantitative estimate of drug-likeness (QED) is 0.316. The predicted octanol–water partition coefficient (Wildman–Crippen LogP) is 5.00. The van der Waals surface area contributed by atoms with Gasteiger partial charge in [0.2, 0.25) is 0 Å². The van der Waals surface area contributed by atoms with E-state index in [9.17, 15) is 9.59 Å². The normalized spacial score (nSPS) is 13.2. The maximum atomic E-state index is 14.1. The van der Waals surface area contributed by atoms with Crippen LogP contribution in [-0.2, 0) is 20.0 Å². The number of aromatic nitrogens is 7. The minimum Gasteiger partial charge on any atom is -0.351 e. The van der Waals surface area contributed by atoms with Gasteiger partial charge in [0.1, 0.15) is 11.5 Å². The number of aryl methyl sites for hydroxylation is 3. The first-order chi connectivity index (χ1) is 21.3. The molecule has 0 saturated carbocycles. The van der Waals surface area contributed by atoms with Crippen LogP contribution in [0.4, 0.5) is 0 Å². The Morgan fingerprint density at radius 3 is 2.50 bits per heavy atom. The van der Waals surface area contributed by atoms with Crippen LogP contribution in [0.3, 0.4) is 0 Å². The Hall–Kier alpha value is -5.64. The predicted molar refractivity (Wildman–Crippen MR) is 169 cm³/mol. The van der Waals surface area contributed by atoms with Gasteiger partial charge in [0.15, 0.2) is 0 Å². The summed E-state index contributed by atoms with van der Waals surface area (Å²) in [5.41, 5.74) is 7.81. The zero-order chi connectivity index (χ0) is 30.1. The lowest BCUT2D eigenvalue weighted by molar-refractivity contribution is 0.0729. The van der Waals surface area contributed by atoms with Gasteiger partial charge >= 0.3 is 5.69 Å². The van der Waals surface area contributed by atoms with Gasteiger partial charge < -0.3 is 9.88 Å². The van der Waals surface area contributed by atoms with Crippen LogP contribution in [0.5, 0.6) is 0 Å². The molecule has 8 rings (SSSR count). The molecule has 0 saturated heterocycles. The summed E-state index contributed by atoms with van der Waals surface area (Å²) in [6.07, 6.45) is 5.94. The topological polar surface area (TPSA) is 98.7 Å². The summed E-state index contributed by atoms with van der Waals surface area (Å²) >= 11 is 0. The summed E-state index contributed by atoms with van der Waals surface area (Å²) in [6, 6.07) is 21.9. The first-order valence-corrected chi connectivity index (χ1v) is 14.6. The molecule has 0 spiro atoms. The third kappa shape index (κ3) is 4.10. The highest BCUT2D eigenvalue weighted by Gasteiger charge is 2.31. The summed E-state index contributed by atoms with van der Waals surface area (Å²) in [5.74, 6) is 0.567. The van der Waals surface area contributed by atoms with E-state index in [0.717, 1.165) is 55.6 Å². The molecular formula is C34H30N8O2. The van der Waals surface area contributed by atoms with Crippen LogP contribution in [0.1, 0.15) is 32.9 Å². The Labute approximate surface area is 252 Å². The number of fused-ring (bicyclic) bond motifs is 3. The van der Waals surface area contributed by atoms with Crippen molar-refractivity contribution in [1.29, 1.82) is 0 Å². The van der Waals surface area contributed by atoms with Gasteiger partial charge in [-0.2, -0.15) is 10.2 Å². The number of nitrogens with one attached hydrogen (secondary N) is 1. The molecule has 4 aromatic heterocycles. The number of hydrogen-bond donors (Lipinski definition) is 1. The summed E-state index contributed by atoms with van der Waals surface area (Å²) in [6.45, 7) is 4.98. The Bertz CT molecular complexity index is 2260. The van der Waals surface area contributed by atoms with E-state index in [1.165, 1.54) is 0 Å². The largest absolute Gasteiger partial charge is 0.351 e. The molecule has 44 heavy (non-hydrogen) atoms. The number of aromatic amines is 1. The van der Waals surface area contributed by atoms with Crippen molar-refractivity contribution in [3.63, 3.8) is 0 Å². The maximum absolute atomic E-state index is 14.1. The molecule has 0 aliphatic carbocycles. The van der Waals surface area contributed by atoms with Crippen LogP contribution in [-0.4, -0.2) is 51.0 Å². The lowest BCUT2D eigenvalue weighted by atomic mass is 10.1. The molecule has 0 unspecified atom stereocenters. The van der Waals surface area contributed by atoms with Gasteiger partial charge in [-0.3, -0.25) is 18.6 Å². The number of rotatable bonds is 4. The molecule has 1 N–H and O–H groups in total. The maximum Gasteiger partial charge on any atom is 0.338 e. The molecule has 10 nitrogen and oxygen atoms in total. The van der Waals surface area contributed by atoms with Gasteiger partial charge in [0, 0.05) is 54.3 Å². The highest BCUT2D eigenvalue weighted by molar-refractivity contribution is 5.98. The Morgan fingerprint density at radius 1 is 0.886 bits per heavy atom. The van der Waals surface area contributed by atoms with Crippen molar-refractivity contribution < 1.29 is 4.79 Å². The number of carbonyl (C=O) groups is 1. The number of H-pyrrole nitrogens is 1. The van der Waals surface area contributed by atoms with Gasteiger partial charge in [0.05, 0.1) is 35.3 Å². The lowest BCUT2D eigenvalue weighted by Crippen LogP contribution is -2.36. The standard InChI is InChI=1S/C34H30N8O2/c1-21-14-22(2)16-26(15-21)42-32(41-13-12-40(34(41)44)25-8-9-31-24(17-25)19-35-38(31)3)27-20-39(11-10-29(27)37-42)33(43)30-18-23-6-4-5-7-28(23)36-30/h4-9,12-19,36H,10-11,20H2,1-3H3. The highest BCUT2D eigenvalue weighted by Crippen LogP contribution is 2.30. The van der Waals surface area contributed by atoms with E-state index >= 15 is 0 Å². The first-order valence-electron chi connectivity index (χ1n) is 14.6. The second-order valence-electron chi connectivity index (χ2n) is 11.6. The van der Waals surface area contributed by atoms with Crippen molar-refractivity contribution in [2.24, 2.45) is 7.05 Å². The molecule has 7 aromatic rings. The summed E-state index contributed by atoms with van der Waals surface area (Å²) in [4.78, 5) is 33.0. The number of benzene rings is 3. The van der Waals surface area contributed by atoms with Crippen LogP contribution in [0.25, 0.3) is 39.0 Å². The van der Waals surface area contributed by atoms with Crippen LogP contribution in [0.2, 0.25) is 0 Å². The molecule has 3 aromatic carbocycles. The third-order valence-electron chi connectivity index (χ3n) is 8.52. The Balaban J connectivity index is 1.25. The number of hydrogen-bond acceptors (Lipinski definition) is 4. The number of carbonyl (C=O) groups excluding carboxylic acids is 1. The molecule has 218 valence electrons. The van der Waals surface area contributed by atoms with Crippen LogP contribution < -0.4 is 5.69 Å². The molecule has 0 atom stereocenters. The van der Waals surface area contributed by atoms with Crippen molar-refractivity contribution >= 4 is 27.7 Å². The zero-order valence-corrected chi connectivity index (χ0v) is 24.7. The van der Waals surface area contributed by atoms with Crippen LogP contribution in [0.15, 0.2) is 90.1 Å². The summed E-state index contributed by atoms with van der Waals surface area (Å²) < 4.78 is 6.95. The summed E-state index contributed by atoms with van der Waals surface area (Å²) in [7, 11) is 1.90. The first kappa shape index (κ1) is 26.0. The van der Waals surface area contributed by atoms with E-state index in [0.29, 0.717) is 31.0 Å². The molecule has 0 bridgehead atoms. The van der Waals surface area contributed by atoms with E-state index in [1.54, 1.807) is 27.7 Å². The molecule has 1 aliphatic heterocycles. The molecule has 0 fully saturated rings. The molecule has 1 amide bonds. The van der Waals surface area contributed by atoms with E-state index in [-0.39, 0.29) is 11.6 Å². The number of nitrogens with zero attached hydrogens (tertiary/aromatic N) is 7. The zero-order valence-electron chi connectivity index (χ0n) is 24.7. The fraction of sp³-hybridized carbons (Fsp3) is 0.176. The van der Waals surface area contributed by atoms with E-state index in [1.807, 2.05) is 69.8 Å². The average molecular weight is 583 g/mol. The fourth-order valence-electron chi connectivity index (χ4n) is 6.43. The second kappa shape index (κ2) is 9.70. The number of imidazole rings is 1. The monoisotopic (exact) mass is 582 g/mol. The minimum atomic E-state index is -0.222. The van der Waals surface area contributed by atoms with Crippen molar-refractivity contribution in [1.82, 2.24) is 38.6 Å². The number of para-hydroxylation sites is 1. The smallest absolute Gasteiger partial charge is 0.338 e.